The van der Waals surface area contributed by atoms with Crippen LogP contribution in [0.1, 0.15) is 24.3 Å². The topological polar surface area (TPSA) is 38.5 Å². The molecule has 1 aromatic carbocycles. The van der Waals surface area contributed by atoms with Crippen molar-refractivity contribution in [1.82, 2.24) is 4.90 Å². The lowest BCUT2D eigenvalue weighted by molar-refractivity contribution is 0.346. The Labute approximate surface area is 104 Å². The lowest BCUT2D eigenvalue weighted by Crippen LogP contribution is -2.28. The largest absolute Gasteiger partial charge is 0.497 e. The molecule has 1 fully saturated rings. The highest BCUT2D eigenvalue weighted by atomic mass is 16.5. The Hall–Kier alpha value is -1.06. The maximum absolute atomic E-state index is 6.30. The van der Waals surface area contributed by atoms with E-state index in [4.69, 9.17) is 10.5 Å². The summed E-state index contributed by atoms with van der Waals surface area (Å²) in [6.45, 7) is 2.22. The monoisotopic (exact) mass is 234 g/mol. The van der Waals surface area contributed by atoms with Crippen molar-refractivity contribution in [2.24, 2.45) is 5.73 Å². The minimum Gasteiger partial charge on any atom is -0.497 e. The Kier molecular flexibility index (Phi) is 4.02. The van der Waals surface area contributed by atoms with Crippen LogP contribution in [0.25, 0.3) is 0 Å². The first-order valence-electron chi connectivity index (χ1n) is 6.29. The molecule has 2 atom stereocenters. The van der Waals surface area contributed by atoms with Crippen LogP contribution in [0.2, 0.25) is 0 Å². The zero-order valence-corrected chi connectivity index (χ0v) is 10.7. The van der Waals surface area contributed by atoms with Gasteiger partial charge in [-0.3, -0.25) is 0 Å². The quantitative estimate of drug-likeness (QED) is 0.848. The normalized spacial score (nSPS) is 26.5. The molecule has 0 aliphatic carbocycles. The zero-order chi connectivity index (χ0) is 12.3. The van der Waals surface area contributed by atoms with Gasteiger partial charge >= 0.3 is 0 Å². The molecule has 1 aliphatic heterocycles. The predicted molar refractivity (Wildman–Crippen MR) is 70.4 cm³/mol. The molecule has 2 N–H and O–H groups in total. The van der Waals surface area contributed by atoms with Gasteiger partial charge in [-0.2, -0.15) is 0 Å². The van der Waals surface area contributed by atoms with Crippen molar-refractivity contribution in [2.75, 3.05) is 27.2 Å². The highest BCUT2D eigenvalue weighted by Crippen LogP contribution is 2.29. The van der Waals surface area contributed by atoms with Crippen LogP contribution in [0, 0.1) is 0 Å². The first-order chi connectivity index (χ1) is 8.20. The minimum absolute atomic E-state index is 0.257. The maximum atomic E-state index is 6.30. The number of hydrogen-bond donors (Lipinski definition) is 1. The molecule has 17 heavy (non-hydrogen) atoms. The number of benzene rings is 1. The van der Waals surface area contributed by atoms with Crippen molar-refractivity contribution in [2.45, 2.75) is 24.8 Å². The third-order valence-electron chi connectivity index (χ3n) is 3.70. The zero-order valence-electron chi connectivity index (χ0n) is 10.7. The van der Waals surface area contributed by atoms with Gasteiger partial charge in [-0.15, -0.1) is 0 Å². The van der Waals surface area contributed by atoms with Gasteiger partial charge in [0.25, 0.3) is 0 Å². The van der Waals surface area contributed by atoms with Gasteiger partial charge in [-0.25, -0.2) is 0 Å². The van der Waals surface area contributed by atoms with Crippen LogP contribution < -0.4 is 10.5 Å². The molecular weight excluding hydrogens is 212 g/mol. The molecule has 94 valence electrons. The predicted octanol–water partition coefficient (Wildman–Crippen LogP) is 1.83. The number of rotatable bonds is 2. The fourth-order valence-electron chi connectivity index (χ4n) is 2.54. The van der Waals surface area contributed by atoms with Crippen LogP contribution in [0.5, 0.6) is 5.75 Å². The average Bonchev–Trinajstić information content (AvgIpc) is 2.52. The SMILES string of the molecule is COc1cccc(C2CCN(C)CCC2N)c1. The van der Waals surface area contributed by atoms with Crippen LogP contribution in [0.15, 0.2) is 24.3 Å². The molecule has 1 saturated heterocycles. The molecule has 0 saturated carbocycles. The second-order valence-corrected chi connectivity index (χ2v) is 4.93. The summed E-state index contributed by atoms with van der Waals surface area (Å²) in [5.41, 5.74) is 7.61. The fourth-order valence-corrected chi connectivity index (χ4v) is 2.54. The first-order valence-corrected chi connectivity index (χ1v) is 6.29. The van der Waals surface area contributed by atoms with E-state index in [9.17, 15) is 0 Å². The van der Waals surface area contributed by atoms with E-state index < -0.39 is 0 Å². The van der Waals surface area contributed by atoms with Gasteiger partial charge in [0.15, 0.2) is 0 Å². The van der Waals surface area contributed by atoms with Gasteiger partial charge in [0.2, 0.25) is 0 Å². The first kappa shape index (κ1) is 12.4. The number of nitrogens with zero attached hydrogens (tertiary/aromatic N) is 1. The van der Waals surface area contributed by atoms with Crippen molar-refractivity contribution < 1.29 is 4.74 Å². The van der Waals surface area contributed by atoms with Gasteiger partial charge in [0.1, 0.15) is 5.75 Å². The molecule has 1 heterocycles. The van der Waals surface area contributed by atoms with E-state index in [1.165, 1.54) is 5.56 Å². The van der Waals surface area contributed by atoms with Gasteiger partial charge < -0.3 is 15.4 Å². The summed E-state index contributed by atoms with van der Waals surface area (Å²) >= 11 is 0. The summed E-state index contributed by atoms with van der Waals surface area (Å²) in [4.78, 5) is 2.36. The number of likely N-dealkylation sites (tertiary alicyclic amines) is 1. The lowest BCUT2D eigenvalue weighted by Gasteiger charge is -2.21. The van der Waals surface area contributed by atoms with Crippen molar-refractivity contribution in [3.05, 3.63) is 29.8 Å². The Morgan fingerprint density at radius 3 is 2.82 bits per heavy atom. The molecule has 0 aromatic heterocycles. The number of methoxy groups -OCH3 is 1. The van der Waals surface area contributed by atoms with Gasteiger partial charge in [-0.1, -0.05) is 12.1 Å². The number of ether oxygens (including phenoxy) is 1. The Morgan fingerprint density at radius 2 is 2.06 bits per heavy atom. The van der Waals surface area contributed by atoms with Crippen LogP contribution in [-0.2, 0) is 0 Å². The summed E-state index contributed by atoms with van der Waals surface area (Å²) in [5.74, 6) is 1.38. The number of hydrogen-bond acceptors (Lipinski definition) is 3. The highest BCUT2D eigenvalue weighted by Gasteiger charge is 2.23. The molecule has 3 nitrogen and oxygen atoms in total. The van der Waals surface area contributed by atoms with Crippen LogP contribution in [0.3, 0.4) is 0 Å². The van der Waals surface area contributed by atoms with Crippen molar-refractivity contribution >= 4 is 0 Å². The Balaban J connectivity index is 2.18. The van der Waals surface area contributed by atoms with Crippen molar-refractivity contribution in [1.29, 1.82) is 0 Å². The molecule has 0 radical (unpaired) electrons. The van der Waals surface area contributed by atoms with E-state index in [2.05, 4.69) is 30.1 Å². The average molecular weight is 234 g/mol. The molecule has 0 spiro atoms. The van der Waals surface area contributed by atoms with Crippen LogP contribution in [-0.4, -0.2) is 38.2 Å². The summed E-state index contributed by atoms with van der Waals surface area (Å²) in [5, 5.41) is 0. The van der Waals surface area contributed by atoms with Crippen LogP contribution >= 0.6 is 0 Å². The molecule has 2 rings (SSSR count). The van der Waals surface area contributed by atoms with E-state index in [1.54, 1.807) is 7.11 Å². The third-order valence-corrected chi connectivity index (χ3v) is 3.70. The lowest BCUT2D eigenvalue weighted by atomic mass is 9.88. The van der Waals surface area contributed by atoms with E-state index in [1.807, 2.05) is 6.07 Å². The van der Waals surface area contributed by atoms with Crippen molar-refractivity contribution in [3.8, 4) is 5.75 Å². The van der Waals surface area contributed by atoms with Crippen LogP contribution in [0.4, 0.5) is 0 Å². The second-order valence-electron chi connectivity index (χ2n) is 4.93. The molecule has 1 aromatic rings. The molecule has 1 aliphatic rings. The maximum Gasteiger partial charge on any atom is 0.119 e. The van der Waals surface area contributed by atoms with E-state index in [-0.39, 0.29) is 6.04 Å². The fraction of sp³-hybridized carbons (Fsp3) is 0.571. The molecule has 0 amide bonds. The summed E-state index contributed by atoms with van der Waals surface area (Å²) in [6.07, 6.45) is 2.20. The van der Waals surface area contributed by atoms with Gasteiger partial charge in [0.05, 0.1) is 7.11 Å². The highest BCUT2D eigenvalue weighted by molar-refractivity contribution is 5.31. The van der Waals surface area contributed by atoms with E-state index >= 15 is 0 Å². The van der Waals surface area contributed by atoms with Crippen molar-refractivity contribution in [3.63, 3.8) is 0 Å². The van der Waals surface area contributed by atoms with Gasteiger partial charge in [0, 0.05) is 12.0 Å². The molecule has 0 bridgehead atoms. The number of nitrogens with two attached hydrogens (primary N) is 1. The third kappa shape index (κ3) is 2.99. The van der Waals surface area contributed by atoms with E-state index in [0.29, 0.717) is 5.92 Å². The molecular formula is C14H22N2O. The van der Waals surface area contributed by atoms with E-state index in [0.717, 1.165) is 31.7 Å². The summed E-state index contributed by atoms with van der Waals surface area (Å²) < 4.78 is 5.28. The second kappa shape index (κ2) is 5.52. The Bertz CT molecular complexity index is 367. The summed E-state index contributed by atoms with van der Waals surface area (Å²) in [6, 6.07) is 8.58. The smallest absolute Gasteiger partial charge is 0.119 e. The Morgan fingerprint density at radius 1 is 1.29 bits per heavy atom. The van der Waals surface area contributed by atoms with Gasteiger partial charge in [-0.05, 0) is 50.7 Å². The summed E-state index contributed by atoms with van der Waals surface area (Å²) in [7, 11) is 3.88. The molecule has 3 heteroatoms. The minimum atomic E-state index is 0.257. The molecule has 2 unspecified atom stereocenters. The standard InChI is InChI=1S/C14H22N2O/c1-16-8-6-13(14(15)7-9-16)11-4-3-5-12(10-11)17-2/h3-5,10,13-14H,6-9,15H2,1-2H3.